The van der Waals surface area contributed by atoms with Crippen LogP contribution in [0.4, 0.5) is 0 Å². The van der Waals surface area contributed by atoms with E-state index < -0.39 is 6.10 Å². The lowest BCUT2D eigenvalue weighted by Gasteiger charge is -2.25. The van der Waals surface area contributed by atoms with Gasteiger partial charge in [-0.05, 0) is 42.7 Å². The van der Waals surface area contributed by atoms with Crippen LogP contribution in [0.2, 0.25) is 0 Å². The smallest absolute Gasteiger partial charge is 0.227 e. The molecule has 0 bridgehead atoms. The first kappa shape index (κ1) is 25.6. The summed E-state index contributed by atoms with van der Waals surface area (Å²) in [5, 5.41) is 15.9. The van der Waals surface area contributed by atoms with E-state index >= 15 is 0 Å². The summed E-state index contributed by atoms with van der Waals surface area (Å²) >= 11 is 0. The number of aryl methyl sites for hydroxylation is 1. The van der Waals surface area contributed by atoms with Gasteiger partial charge in [0, 0.05) is 26.7 Å². The van der Waals surface area contributed by atoms with Crippen molar-refractivity contribution in [2.75, 3.05) is 26.8 Å². The van der Waals surface area contributed by atoms with Crippen molar-refractivity contribution in [3.63, 3.8) is 0 Å². The average molecular weight is 486 g/mol. The normalized spacial score (nSPS) is 12.1. The quantitative estimate of drug-likeness (QED) is 0.279. The van der Waals surface area contributed by atoms with Crippen LogP contribution in [0, 0.1) is 0 Å². The molecule has 0 saturated carbocycles. The van der Waals surface area contributed by atoms with Gasteiger partial charge in [0.05, 0.1) is 29.7 Å². The zero-order valence-electron chi connectivity index (χ0n) is 21.1. The van der Waals surface area contributed by atoms with E-state index in [0.29, 0.717) is 38.5 Å². The Hall–Kier alpha value is -3.45. The van der Waals surface area contributed by atoms with E-state index in [1.807, 2.05) is 95.7 Å². The van der Waals surface area contributed by atoms with Gasteiger partial charge in [-0.25, -0.2) is 4.68 Å². The highest BCUT2D eigenvalue weighted by Crippen LogP contribution is 2.32. The van der Waals surface area contributed by atoms with E-state index in [0.717, 1.165) is 34.7 Å². The maximum Gasteiger partial charge on any atom is 0.227 e. The molecule has 0 unspecified atom stereocenters. The topological polar surface area (TPSA) is 59.8 Å². The molecule has 3 aromatic carbocycles. The second kappa shape index (κ2) is 13.0. The lowest BCUT2D eigenvalue weighted by molar-refractivity contribution is 0.0846. The Kier molecular flexibility index (Phi) is 9.27. The van der Waals surface area contributed by atoms with Crippen molar-refractivity contribution < 1.29 is 14.6 Å². The van der Waals surface area contributed by atoms with E-state index in [2.05, 4.69) is 11.8 Å². The third-order valence-corrected chi connectivity index (χ3v) is 6.09. The van der Waals surface area contributed by atoms with Crippen LogP contribution in [-0.2, 0) is 24.1 Å². The molecule has 0 radical (unpaired) electrons. The fourth-order valence-corrected chi connectivity index (χ4v) is 4.30. The zero-order valence-corrected chi connectivity index (χ0v) is 21.1. The number of aliphatic hydroxyl groups excluding tert-OH is 1. The first-order chi connectivity index (χ1) is 17.7. The van der Waals surface area contributed by atoms with Gasteiger partial charge in [-0.15, -0.1) is 0 Å². The Balaban J connectivity index is 1.65. The molecule has 0 saturated heterocycles. The molecule has 0 aliphatic heterocycles. The number of para-hydroxylation sites is 2. The van der Waals surface area contributed by atoms with Gasteiger partial charge in [-0.3, -0.25) is 4.90 Å². The second-order valence-corrected chi connectivity index (χ2v) is 8.82. The van der Waals surface area contributed by atoms with Crippen molar-refractivity contribution in [2.24, 2.45) is 0 Å². The first-order valence-electron chi connectivity index (χ1n) is 12.5. The summed E-state index contributed by atoms with van der Waals surface area (Å²) in [4.78, 5) is 2.22. The van der Waals surface area contributed by atoms with Crippen molar-refractivity contribution >= 4 is 0 Å². The number of nitrogens with zero attached hydrogens (tertiary/aromatic N) is 3. The SMILES string of the molecule is CCc1nn(-c2ccccc2)c(Oc2ccccc2)c1CN(CCOC)C[C@H](O)Cc1ccccc1. The maximum atomic E-state index is 10.9. The van der Waals surface area contributed by atoms with Crippen molar-refractivity contribution in [3.05, 3.63) is 108 Å². The van der Waals surface area contributed by atoms with Crippen molar-refractivity contribution in [1.82, 2.24) is 14.7 Å². The summed E-state index contributed by atoms with van der Waals surface area (Å²) in [6.07, 6.45) is 0.865. The highest BCUT2D eigenvalue weighted by atomic mass is 16.5. The van der Waals surface area contributed by atoms with Crippen molar-refractivity contribution in [3.8, 4) is 17.3 Å². The molecule has 1 heterocycles. The molecule has 0 spiro atoms. The third kappa shape index (κ3) is 6.82. The summed E-state index contributed by atoms with van der Waals surface area (Å²) in [7, 11) is 1.70. The van der Waals surface area contributed by atoms with Gasteiger partial charge in [-0.2, -0.15) is 5.10 Å². The van der Waals surface area contributed by atoms with Crippen LogP contribution in [0.1, 0.15) is 23.7 Å². The number of hydrogen-bond donors (Lipinski definition) is 1. The molecule has 6 heteroatoms. The van der Waals surface area contributed by atoms with Gasteiger partial charge >= 0.3 is 0 Å². The standard InChI is InChI=1S/C30H35N3O3/c1-3-29-28(23-32(19-20-35-2)22-26(34)21-24-13-7-4-8-14-24)30(36-27-17-11-6-12-18-27)33(31-29)25-15-9-5-10-16-25/h4-18,26,34H,3,19-23H2,1-2H3/t26-/m1/s1. The Morgan fingerprint density at radius 1 is 0.917 bits per heavy atom. The summed E-state index contributed by atoms with van der Waals surface area (Å²) in [5.41, 5.74) is 4.06. The first-order valence-corrected chi connectivity index (χ1v) is 12.5. The van der Waals surface area contributed by atoms with Crippen LogP contribution >= 0.6 is 0 Å². The minimum absolute atomic E-state index is 0.503. The largest absolute Gasteiger partial charge is 0.439 e. The van der Waals surface area contributed by atoms with E-state index in [-0.39, 0.29) is 0 Å². The van der Waals surface area contributed by atoms with Crippen LogP contribution in [0.15, 0.2) is 91.0 Å². The molecule has 4 aromatic rings. The summed E-state index contributed by atoms with van der Waals surface area (Å²) in [6, 6.07) is 29.9. The molecule has 6 nitrogen and oxygen atoms in total. The predicted octanol–water partition coefficient (Wildman–Crippen LogP) is 5.28. The van der Waals surface area contributed by atoms with Crippen LogP contribution in [0.25, 0.3) is 5.69 Å². The van der Waals surface area contributed by atoms with Gasteiger partial charge in [0.25, 0.3) is 0 Å². The molecule has 0 aliphatic rings. The highest BCUT2D eigenvalue weighted by Gasteiger charge is 2.23. The minimum Gasteiger partial charge on any atom is -0.439 e. The predicted molar refractivity (Wildman–Crippen MR) is 143 cm³/mol. The Morgan fingerprint density at radius 3 is 2.19 bits per heavy atom. The van der Waals surface area contributed by atoms with Crippen molar-refractivity contribution in [1.29, 1.82) is 0 Å². The molecule has 1 N–H and O–H groups in total. The Bertz CT molecular complexity index is 1180. The van der Waals surface area contributed by atoms with Crippen molar-refractivity contribution in [2.45, 2.75) is 32.4 Å². The molecule has 0 fully saturated rings. The van der Waals surface area contributed by atoms with Crippen LogP contribution < -0.4 is 4.74 Å². The number of benzene rings is 3. The Labute approximate surface area is 213 Å². The number of aliphatic hydroxyl groups is 1. The molecule has 188 valence electrons. The molecule has 0 aliphatic carbocycles. The van der Waals surface area contributed by atoms with Gasteiger partial charge < -0.3 is 14.6 Å². The average Bonchev–Trinajstić information content (AvgIpc) is 3.25. The number of ether oxygens (including phenoxy) is 2. The monoisotopic (exact) mass is 485 g/mol. The number of methoxy groups -OCH3 is 1. The molecule has 4 rings (SSSR count). The summed E-state index contributed by atoms with van der Waals surface area (Å²) in [5.74, 6) is 1.45. The molecule has 0 amide bonds. The van der Waals surface area contributed by atoms with Gasteiger partial charge in [0.1, 0.15) is 5.75 Å². The van der Waals surface area contributed by atoms with Crippen LogP contribution in [-0.4, -0.2) is 52.7 Å². The highest BCUT2D eigenvalue weighted by molar-refractivity contribution is 5.43. The third-order valence-electron chi connectivity index (χ3n) is 6.09. The summed E-state index contributed by atoms with van der Waals surface area (Å²) in [6.45, 7) is 4.47. The summed E-state index contributed by atoms with van der Waals surface area (Å²) < 4.78 is 13.7. The molecule has 36 heavy (non-hydrogen) atoms. The molecular weight excluding hydrogens is 450 g/mol. The molecule has 1 atom stereocenters. The second-order valence-electron chi connectivity index (χ2n) is 8.82. The fraction of sp³-hybridized carbons (Fsp3) is 0.300. The maximum absolute atomic E-state index is 10.9. The number of rotatable bonds is 13. The van der Waals surface area contributed by atoms with E-state index in [9.17, 15) is 5.11 Å². The number of hydrogen-bond acceptors (Lipinski definition) is 5. The molecule has 1 aromatic heterocycles. The van der Waals surface area contributed by atoms with E-state index in [1.54, 1.807) is 7.11 Å². The number of aromatic nitrogens is 2. The molecular formula is C30H35N3O3. The fourth-order valence-electron chi connectivity index (χ4n) is 4.30. The van der Waals surface area contributed by atoms with Gasteiger partial charge in [0.15, 0.2) is 0 Å². The van der Waals surface area contributed by atoms with Gasteiger partial charge in [0.2, 0.25) is 5.88 Å². The van der Waals surface area contributed by atoms with Crippen LogP contribution in [0.3, 0.4) is 0 Å². The zero-order chi connectivity index (χ0) is 25.2. The lowest BCUT2D eigenvalue weighted by Crippen LogP contribution is -2.35. The van der Waals surface area contributed by atoms with Crippen LogP contribution in [0.5, 0.6) is 11.6 Å². The Morgan fingerprint density at radius 2 is 1.56 bits per heavy atom. The van der Waals surface area contributed by atoms with Gasteiger partial charge in [-0.1, -0.05) is 73.7 Å². The van der Waals surface area contributed by atoms with E-state index in [4.69, 9.17) is 14.6 Å². The van der Waals surface area contributed by atoms with E-state index in [1.165, 1.54) is 0 Å². The lowest BCUT2D eigenvalue weighted by atomic mass is 10.1. The minimum atomic E-state index is -0.503.